The lowest BCUT2D eigenvalue weighted by atomic mass is 10.1. The van der Waals surface area contributed by atoms with E-state index < -0.39 is 11.7 Å². The second-order valence-corrected chi connectivity index (χ2v) is 4.77. The van der Waals surface area contributed by atoms with Gasteiger partial charge in [-0.1, -0.05) is 6.07 Å². The van der Waals surface area contributed by atoms with Gasteiger partial charge in [-0.25, -0.2) is 0 Å². The first-order chi connectivity index (χ1) is 10.5. The predicted molar refractivity (Wildman–Crippen MR) is 77.7 cm³/mol. The number of phenolic OH excluding ortho intramolecular Hbond substituents is 2. The van der Waals surface area contributed by atoms with E-state index in [-0.39, 0.29) is 34.1 Å². The van der Waals surface area contributed by atoms with Crippen LogP contribution in [0.1, 0.15) is 26.3 Å². The number of ketones is 1. The zero-order valence-electron chi connectivity index (χ0n) is 11.2. The Kier molecular flexibility index (Phi) is 3.06. The van der Waals surface area contributed by atoms with Gasteiger partial charge in [-0.05, 0) is 35.9 Å². The number of primary amides is 1. The topological polar surface area (TPSA) is 110 Å². The highest BCUT2D eigenvalue weighted by atomic mass is 16.5. The summed E-state index contributed by atoms with van der Waals surface area (Å²) in [7, 11) is 0. The molecule has 0 saturated carbocycles. The Hall–Kier alpha value is -3.28. The second-order valence-electron chi connectivity index (χ2n) is 4.77. The van der Waals surface area contributed by atoms with Crippen molar-refractivity contribution in [1.82, 2.24) is 0 Å². The number of Topliss-reactive ketones (excluding diaryl/α,β-unsaturated/α-hetero) is 1. The van der Waals surface area contributed by atoms with Gasteiger partial charge in [0.1, 0.15) is 11.5 Å². The third kappa shape index (κ3) is 2.26. The number of amides is 1. The second kappa shape index (κ2) is 4.92. The summed E-state index contributed by atoms with van der Waals surface area (Å²) in [4.78, 5) is 23.6. The number of allylic oxidation sites excluding steroid dienone is 1. The monoisotopic (exact) mass is 297 g/mol. The van der Waals surface area contributed by atoms with Crippen LogP contribution >= 0.6 is 0 Å². The Bertz CT molecular complexity index is 818. The highest BCUT2D eigenvalue weighted by Crippen LogP contribution is 2.35. The maximum Gasteiger partial charge on any atom is 0.252 e. The number of rotatable bonds is 2. The van der Waals surface area contributed by atoms with Crippen LogP contribution in [0.4, 0.5) is 0 Å². The number of nitrogens with two attached hydrogens (primary N) is 1. The molecule has 22 heavy (non-hydrogen) atoms. The molecule has 0 unspecified atom stereocenters. The van der Waals surface area contributed by atoms with Gasteiger partial charge < -0.3 is 20.7 Å². The SMILES string of the molecule is NC(=O)c1cccc2c1O/C(=C\c1cc(O)cc(O)c1)C2=O. The van der Waals surface area contributed by atoms with Crippen LogP contribution in [0.25, 0.3) is 6.08 Å². The molecule has 1 heterocycles. The molecule has 0 fully saturated rings. The zero-order valence-corrected chi connectivity index (χ0v) is 11.2. The zero-order chi connectivity index (χ0) is 15.9. The highest BCUT2D eigenvalue weighted by molar-refractivity contribution is 6.16. The van der Waals surface area contributed by atoms with Crippen molar-refractivity contribution in [3.05, 3.63) is 58.8 Å². The summed E-state index contributed by atoms with van der Waals surface area (Å²) in [6, 6.07) is 8.44. The number of benzene rings is 2. The van der Waals surface area contributed by atoms with E-state index >= 15 is 0 Å². The molecule has 0 aliphatic carbocycles. The van der Waals surface area contributed by atoms with Crippen molar-refractivity contribution in [2.24, 2.45) is 5.73 Å². The minimum absolute atomic E-state index is 0.0197. The Morgan fingerprint density at radius 2 is 1.82 bits per heavy atom. The van der Waals surface area contributed by atoms with Gasteiger partial charge in [0.25, 0.3) is 5.91 Å². The molecule has 6 heteroatoms. The van der Waals surface area contributed by atoms with Crippen LogP contribution in [0.2, 0.25) is 0 Å². The summed E-state index contributed by atoms with van der Waals surface area (Å²) in [6.45, 7) is 0. The molecule has 1 amide bonds. The van der Waals surface area contributed by atoms with Crippen molar-refractivity contribution in [3.8, 4) is 17.2 Å². The minimum Gasteiger partial charge on any atom is -0.508 e. The largest absolute Gasteiger partial charge is 0.508 e. The van der Waals surface area contributed by atoms with Gasteiger partial charge in [0.05, 0.1) is 11.1 Å². The van der Waals surface area contributed by atoms with Crippen molar-refractivity contribution in [3.63, 3.8) is 0 Å². The number of carbonyl (C=O) groups is 2. The van der Waals surface area contributed by atoms with Crippen LogP contribution < -0.4 is 10.5 Å². The van der Waals surface area contributed by atoms with Crippen molar-refractivity contribution in [1.29, 1.82) is 0 Å². The Balaban J connectivity index is 2.05. The molecular formula is C16H11NO5. The molecule has 1 aliphatic rings. The Morgan fingerprint density at radius 3 is 2.45 bits per heavy atom. The summed E-state index contributed by atoms with van der Waals surface area (Å²) >= 11 is 0. The van der Waals surface area contributed by atoms with Gasteiger partial charge in [-0.15, -0.1) is 0 Å². The first-order valence-electron chi connectivity index (χ1n) is 6.36. The molecule has 0 radical (unpaired) electrons. The van der Waals surface area contributed by atoms with Gasteiger partial charge in [0.15, 0.2) is 11.5 Å². The van der Waals surface area contributed by atoms with E-state index in [1.54, 1.807) is 6.07 Å². The summed E-state index contributed by atoms with van der Waals surface area (Å²) in [5.41, 5.74) is 6.00. The van der Waals surface area contributed by atoms with Crippen LogP contribution in [0.5, 0.6) is 17.2 Å². The van der Waals surface area contributed by atoms with Crippen molar-refractivity contribution in [2.45, 2.75) is 0 Å². The number of hydrogen-bond donors (Lipinski definition) is 3. The highest BCUT2D eigenvalue weighted by Gasteiger charge is 2.30. The van der Waals surface area contributed by atoms with Gasteiger partial charge in [-0.3, -0.25) is 9.59 Å². The number of para-hydroxylation sites is 1. The predicted octanol–water partition coefficient (Wildman–Crippen LogP) is 1.81. The van der Waals surface area contributed by atoms with E-state index in [1.165, 1.54) is 36.4 Å². The van der Waals surface area contributed by atoms with Crippen LogP contribution in [0, 0.1) is 0 Å². The van der Waals surface area contributed by atoms with Crippen LogP contribution in [-0.2, 0) is 0 Å². The van der Waals surface area contributed by atoms with E-state index in [0.29, 0.717) is 5.56 Å². The van der Waals surface area contributed by atoms with Crippen molar-refractivity contribution >= 4 is 17.8 Å². The first-order valence-corrected chi connectivity index (χ1v) is 6.36. The third-order valence-electron chi connectivity index (χ3n) is 3.18. The molecule has 110 valence electrons. The average Bonchev–Trinajstić information content (AvgIpc) is 2.74. The molecule has 0 saturated heterocycles. The van der Waals surface area contributed by atoms with E-state index in [1.807, 2.05) is 0 Å². The molecule has 0 atom stereocenters. The number of hydrogen-bond acceptors (Lipinski definition) is 5. The standard InChI is InChI=1S/C16H11NO5/c17-16(21)12-3-1-2-11-14(20)13(22-15(11)12)6-8-4-9(18)7-10(19)5-8/h1-7,18-19H,(H2,17,21)/b13-6-. The molecular weight excluding hydrogens is 286 g/mol. The van der Waals surface area contributed by atoms with Gasteiger partial charge in [0.2, 0.25) is 5.78 Å². The molecule has 1 aliphatic heterocycles. The summed E-state index contributed by atoms with van der Waals surface area (Å²) in [5.74, 6) is -1.29. The third-order valence-corrected chi connectivity index (χ3v) is 3.18. The van der Waals surface area contributed by atoms with Gasteiger partial charge in [0, 0.05) is 6.07 Å². The fourth-order valence-corrected chi connectivity index (χ4v) is 2.26. The molecule has 0 aromatic heterocycles. The number of phenols is 2. The lowest BCUT2D eigenvalue weighted by molar-refractivity contribution is 0.0991. The van der Waals surface area contributed by atoms with Gasteiger partial charge in [-0.2, -0.15) is 0 Å². The number of carbonyl (C=O) groups excluding carboxylic acids is 2. The summed E-state index contributed by atoms with van der Waals surface area (Å²) < 4.78 is 5.44. The van der Waals surface area contributed by atoms with Crippen molar-refractivity contribution in [2.75, 3.05) is 0 Å². The molecule has 6 nitrogen and oxygen atoms in total. The normalized spacial score (nSPS) is 14.7. The quantitative estimate of drug-likeness (QED) is 0.732. The number of ether oxygens (including phenoxy) is 1. The maximum atomic E-state index is 12.3. The first kappa shape index (κ1) is 13.7. The van der Waals surface area contributed by atoms with Gasteiger partial charge >= 0.3 is 0 Å². The Morgan fingerprint density at radius 1 is 1.14 bits per heavy atom. The molecule has 2 aromatic carbocycles. The molecule has 2 aromatic rings. The minimum atomic E-state index is -0.694. The van der Waals surface area contributed by atoms with Crippen LogP contribution in [0.15, 0.2) is 42.2 Å². The Labute approximate surface area is 125 Å². The lowest BCUT2D eigenvalue weighted by Gasteiger charge is -2.03. The van der Waals surface area contributed by atoms with Crippen LogP contribution in [-0.4, -0.2) is 21.9 Å². The number of fused-ring (bicyclic) bond motifs is 1. The summed E-state index contributed by atoms with van der Waals surface area (Å²) in [5, 5.41) is 18.9. The van der Waals surface area contributed by atoms with E-state index in [0.717, 1.165) is 0 Å². The fraction of sp³-hybridized carbons (Fsp3) is 0. The van der Waals surface area contributed by atoms with E-state index in [2.05, 4.69) is 0 Å². The van der Waals surface area contributed by atoms with E-state index in [4.69, 9.17) is 10.5 Å². The van der Waals surface area contributed by atoms with Crippen molar-refractivity contribution < 1.29 is 24.5 Å². The molecule has 0 spiro atoms. The molecule has 4 N–H and O–H groups in total. The lowest BCUT2D eigenvalue weighted by Crippen LogP contribution is -2.11. The summed E-state index contributed by atoms with van der Waals surface area (Å²) in [6.07, 6.45) is 1.37. The average molecular weight is 297 g/mol. The van der Waals surface area contributed by atoms with E-state index in [9.17, 15) is 19.8 Å². The fourth-order valence-electron chi connectivity index (χ4n) is 2.26. The maximum absolute atomic E-state index is 12.3. The van der Waals surface area contributed by atoms with Crippen LogP contribution in [0.3, 0.4) is 0 Å². The molecule has 3 rings (SSSR count). The number of aromatic hydroxyl groups is 2. The molecule has 0 bridgehead atoms. The smallest absolute Gasteiger partial charge is 0.252 e.